The Morgan fingerprint density at radius 3 is 2.48 bits per heavy atom. The number of rotatable bonds is 2. The maximum Gasteiger partial charge on any atom is 0.235 e. The molecule has 4 aromatic rings. The Bertz CT molecular complexity index is 908. The van der Waals surface area contributed by atoms with Crippen LogP contribution in [-0.4, -0.2) is 19.8 Å². The first kappa shape index (κ1) is 12.2. The van der Waals surface area contributed by atoms with Crippen LogP contribution in [0.3, 0.4) is 0 Å². The summed E-state index contributed by atoms with van der Waals surface area (Å²) in [5, 5.41) is 14.2. The quantitative estimate of drug-likeness (QED) is 0.564. The van der Waals surface area contributed by atoms with Gasteiger partial charge in [-0.2, -0.15) is 9.61 Å². The predicted octanol–water partition coefficient (Wildman–Crippen LogP) is 3.83. The first-order valence-corrected chi connectivity index (χ1v) is 7.48. The van der Waals surface area contributed by atoms with Gasteiger partial charge in [0.25, 0.3) is 0 Å². The number of hydrogen-bond donors (Lipinski definition) is 0. The SMILES string of the molecule is Cc1ccccc1-c1nnc2sc(-c3ccccc3)nn12. The van der Waals surface area contributed by atoms with E-state index in [1.165, 1.54) is 5.56 Å². The van der Waals surface area contributed by atoms with Gasteiger partial charge in [0.05, 0.1) is 0 Å². The van der Waals surface area contributed by atoms with Gasteiger partial charge >= 0.3 is 0 Å². The molecule has 5 heteroatoms. The van der Waals surface area contributed by atoms with Gasteiger partial charge in [-0.05, 0) is 12.5 Å². The Hall–Kier alpha value is -2.53. The van der Waals surface area contributed by atoms with Crippen LogP contribution >= 0.6 is 11.3 Å². The van der Waals surface area contributed by atoms with Gasteiger partial charge in [0.1, 0.15) is 5.01 Å². The van der Waals surface area contributed by atoms with E-state index in [9.17, 15) is 0 Å². The fourth-order valence-corrected chi connectivity index (χ4v) is 3.15. The summed E-state index contributed by atoms with van der Waals surface area (Å²) in [5.41, 5.74) is 3.33. The molecular weight excluding hydrogens is 280 g/mol. The lowest BCUT2D eigenvalue weighted by Crippen LogP contribution is -1.92. The third kappa shape index (κ3) is 2.02. The number of benzene rings is 2. The zero-order valence-corrected chi connectivity index (χ0v) is 12.2. The van der Waals surface area contributed by atoms with Crippen molar-refractivity contribution in [3.63, 3.8) is 0 Å². The number of fused-ring (bicyclic) bond motifs is 1. The van der Waals surface area contributed by atoms with E-state index < -0.39 is 0 Å². The molecule has 102 valence electrons. The lowest BCUT2D eigenvalue weighted by Gasteiger charge is -2.01. The van der Waals surface area contributed by atoms with Crippen LogP contribution in [0.5, 0.6) is 0 Å². The molecule has 0 spiro atoms. The van der Waals surface area contributed by atoms with Crippen LogP contribution in [0.15, 0.2) is 54.6 Å². The van der Waals surface area contributed by atoms with Gasteiger partial charge in [-0.1, -0.05) is 65.9 Å². The highest BCUT2D eigenvalue weighted by atomic mass is 32.1. The fourth-order valence-electron chi connectivity index (χ4n) is 2.31. The van der Waals surface area contributed by atoms with Crippen molar-refractivity contribution in [2.75, 3.05) is 0 Å². The highest BCUT2D eigenvalue weighted by Crippen LogP contribution is 2.28. The Labute approximate surface area is 125 Å². The number of hydrogen-bond acceptors (Lipinski definition) is 4. The van der Waals surface area contributed by atoms with E-state index in [4.69, 9.17) is 0 Å². The van der Waals surface area contributed by atoms with Crippen LogP contribution in [0.1, 0.15) is 5.56 Å². The fraction of sp³-hybridized carbons (Fsp3) is 0.0625. The summed E-state index contributed by atoms with van der Waals surface area (Å²) in [4.78, 5) is 0.812. The van der Waals surface area contributed by atoms with Crippen molar-refractivity contribution in [1.29, 1.82) is 0 Å². The predicted molar refractivity (Wildman–Crippen MR) is 84.3 cm³/mol. The lowest BCUT2D eigenvalue weighted by atomic mass is 10.1. The van der Waals surface area contributed by atoms with Gasteiger partial charge in [0, 0.05) is 11.1 Å². The van der Waals surface area contributed by atoms with Crippen molar-refractivity contribution < 1.29 is 0 Å². The van der Waals surface area contributed by atoms with Gasteiger partial charge < -0.3 is 0 Å². The summed E-state index contributed by atoms with van der Waals surface area (Å²) in [6.07, 6.45) is 0. The maximum atomic E-state index is 4.67. The Balaban J connectivity index is 1.90. The van der Waals surface area contributed by atoms with Gasteiger partial charge in [-0.3, -0.25) is 0 Å². The second-order valence-corrected chi connectivity index (χ2v) is 5.76. The highest BCUT2D eigenvalue weighted by Gasteiger charge is 2.15. The summed E-state index contributed by atoms with van der Waals surface area (Å²) < 4.78 is 1.83. The molecule has 0 atom stereocenters. The van der Waals surface area contributed by atoms with Crippen LogP contribution in [0.2, 0.25) is 0 Å². The summed E-state index contributed by atoms with van der Waals surface area (Å²) in [5.74, 6) is 0.793. The van der Waals surface area contributed by atoms with Gasteiger partial charge in [-0.15, -0.1) is 10.2 Å². The zero-order valence-electron chi connectivity index (χ0n) is 11.4. The molecule has 2 heterocycles. The molecule has 2 aromatic carbocycles. The summed E-state index contributed by atoms with van der Waals surface area (Å²) in [7, 11) is 0. The minimum atomic E-state index is 0.793. The van der Waals surface area contributed by atoms with Crippen LogP contribution in [0.25, 0.3) is 26.9 Å². The van der Waals surface area contributed by atoms with Crippen molar-refractivity contribution >= 4 is 16.3 Å². The minimum Gasteiger partial charge on any atom is -0.182 e. The molecular formula is C16H12N4S. The van der Waals surface area contributed by atoms with E-state index in [1.807, 2.05) is 40.9 Å². The summed E-state index contributed by atoms with van der Waals surface area (Å²) >= 11 is 1.55. The molecule has 4 rings (SSSR count). The summed E-state index contributed by atoms with van der Waals surface area (Å²) in [6.45, 7) is 2.07. The highest BCUT2D eigenvalue weighted by molar-refractivity contribution is 7.19. The standard InChI is InChI=1S/C16H12N4S/c1-11-7-5-6-10-13(11)14-17-18-16-20(14)19-15(21-16)12-8-3-2-4-9-12/h2-10H,1H3. The molecule has 0 aliphatic heterocycles. The molecule has 21 heavy (non-hydrogen) atoms. The van der Waals surface area contributed by atoms with Crippen molar-refractivity contribution in [3.8, 4) is 22.0 Å². The van der Waals surface area contributed by atoms with Gasteiger partial charge in [0.2, 0.25) is 4.96 Å². The van der Waals surface area contributed by atoms with E-state index >= 15 is 0 Å². The van der Waals surface area contributed by atoms with E-state index in [1.54, 1.807) is 11.3 Å². The van der Waals surface area contributed by atoms with E-state index in [-0.39, 0.29) is 0 Å². The second-order valence-electron chi connectivity index (χ2n) is 4.81. The van der Waals surface area contributed by atoms with E-state index in [0.29, 0.717) is 0 Å². The molecule has 0 aliphatic carbocycles. The van der Waals surface area contributed by atoms with Gasteiger partial charge in [0.15, 0.2) is 5.82 Å². The Kier molecular flexibility index (Phi) is 2.79. The van der Waals surface area contributed by atoms with Crippen molar-refractivity contribution in [2.45, 2.75) is 6.92 Å². The second kappa shape index (κ2) is 4.79. The van der Waals surface area contributed by atoms with Gasteiger partial charge in [-0.25, -0.2) is 0 Å². The van der Waals surface area contributed by atoms with Crippen LogP contribution < -0.4 is 0 Å². The summed E-state index contributed by atoms with van der Waals surface area (Å²) in [6, 6.07) is 18.3. The zero-order chi connectivity index (χ0) is 14.2. The Morgan fingerprint density at radius 1 is 0.905 bits per heavy atom. The topological polar surface area (TPSA) is 43.1 Å². The van der Waals surface area contributed by atoms with Crippen LogP contribution in [0.4, 0.5) is 0 Å². The number of aryl methyl sites for hydroxylation is 1. The van der Waals surface area contributed by atoms with Crippen molar-refractivity contribution in [2.24, 2.45) is 0 Å². The average molecular weight is 292 g/mol. The molecule has 0 amide bonds. The molecule has 0 saturated carbocycles. The molecule has 0 bridgehead atoms. The maximum absolute atomic E-state index is 4.67. The number of nitrogens with zero attached hydrogens (tertiary/aromatic N) is 4. The molecule has 0 unspecified atom stereocenters. The normalized spacial score (nSPS) is 11.1. The monoisotopic (exact) mass is 292 g/mol. The first-order chi connectivity index (χ1) is 10.3. The molecule has 0 saturated heterocycles. The molecule has 0 fully saturated rings. The largest absolute Gasteiger partial charge is 0.235 e. The molecule has 0 radical (unpaired) electrons. The lowest BCUT2D eigenvalue weighted by molar-refractivity contribution is 0.969. The Morgan fingerprint density at radius 2 is 1.67 bits per heavy atom. The molecule has 2 aromatic heterocycles. The molecule has 0 N–H and O–H groups in total. The third-order valence-electron chi connectivity index (χ3n) is 3.40. The third-order valence-corrected chi connectivity index (χ3v) is 4.35. The molecule has 4 nitrogen and oxygen atoms in total. The van der Waals surface area contributed by atoms with E-state index in [2.05, 4.69) is 40.4 Å². The van der Waals surface area contributed by atoms with Crippen molar-refractivity contribution in [3.05, 3.63) is 60.2 Å². The minimum absolute atomic E-state index is 0.793. The number of aromatic nitrogens is 4. The van der Waals surface area contributed by atoms with Crippen LogP contribution in [0, 0.1) is 6.92 Å². The van der Waals surface area contributed by atoms with Crippen molar-refractivity contribution in [1.82, 2.24) is 19.8 Å². The average Bonchev–Trinajstić information content (AvgIpc) is 3.09. The molecule has 0 aliphatic rings. The first-order valence-electron chi connectivity index (χ1n) is 6.66. The van der Waals surface area contributed by atoms with Crippen LogP contribution in [-0.2, 0) is 0 Å². The smallest absolute Gasteiger partial charge is 0.182 e. The van der Waals surface area contributed by atoms with E-state index in [0.717, 1.165) is 26.9 Å².